The number of hydrogen-bond acceptors (Lipinski definition) is 7. The van der Waals surface area contributed by atoms with Crippen LogP contribution < -0.4 is 5.32 Å². The van der Waals surface area contributed by atoms with E-state index < -0.39 is 5.97 Å². The zero-order chi connectivity index (χ0) is 19.1. The van der Waals surface area contributed by atoms with Crippen LogP contribution in [0.2, 0.25) is 5.02 Å². The van der Waals surface area contributed by atoms with E-state index in [1.54, 1.807) is 18.2 Å². The molecule has 0 saturated carbocycles. The Balaban J connectivity index is 1.36. The van der Waals surface area contributed by atoms with E-state index in [0.717, 1.165) is 11.1 Å². The molecule has 2 heterocycles. The smallest absolute Gasteiger partial charge is 0.306 e. The first kappa shape index (κ1) is 19.1. The molecule has 140 valence electrons. The van der Waals surface area contributed by atoms with Crippen molar-refractivity contribution < 1.29 is 18.8 Å². The van der Waals surface area contributed by atoms with Crippen LogP contribution in [0.3, 0.4) is 0 Å². The largest absolute Gasteiger partial charge is 0.456 e. The molecule has 9 heteroatoms. The van der Waals surface area contributed by atoms with Crippen LogP contribution in [-0.4, -0.2) is 28.6 Å². The number of ether oxygens (including phenoxy) is 1. The number of hydrogen-bond donors (Lipinski definition) is 1. The van der Waals surface area contributed by atoms with Crippen LogP contribution in [0.15, 0.2) is 45.6 Å². The number of carbonyl (C=O) groups excluding carboxylic acids is 2. The van der Waals surface area contributed by atoms with Gasteiger partial charge in [0.1, 0.15) is 0 Å². The molecule has 0 radical (unpaired) electrons. The number of halogens is 1. The summed E-state index contributed by atoms with van der Waals surface area (Å²) in [6.45, 7) is -0.0341. The number of carbonyl (C=O) groups is 2. The summed E-state index contributed by atoms with van der Waals surface area (Å²) >= 11 is 7.41. The molecular formula is C18H16ClN3O4S. The van der Waals surface area contributed by atoms with Gasteiger partial charge in [0.15, 0.2) is 6.61 Å². The van der Waals surface area contributed by atoms with E-state index in [0.29, 0.717) is 23.3 Å². The predicted molar refractivity (Wildman–Crippen MR) is 100 cm³/mol. The summed E-state index contributed by atoms with van der Waals surface area (Å²) in [6, 6.07) is 9.03. The number of esters is 1. The first-order valence-corrected chi connectivity index (χ1v) is 9.44. The molecule has 2 aromatic heterocycles. The standard InChI is InChI=1S/C18H16ClN3O4S/c19-14-3-1-2-12(8-14)9-20-15(23)10-25-17(24)5-4-16-21-18(22-26-16)13-6-7-27-11-13/h1-3,6-8,11H,4-5,9-10H2,(H,20,23). The second kappa shape index (κ2) is 9.29. The second-order valence-electron chi connectivity index (χ2n) is 5.59. The molecular weight excluding hydrogens is 390 g/mol. The Bertz CT molecular complexity index is 911. The van der Waals surface area contributed by atoms with Gasteiger partial charge in [0, 0.05) is 28.9 Å². The van der Waals surface area contributed by atoms with E-state index in [-0.39, 0.29) is 25.4 Å². The highest BCUT2D eigenvalue weighted by Crippen LogP contribution is 2.19. The number of amides is 1. The molecule has 0 spiro atoms. The first-order chi connectivity index (χ1) is 13.1. The Kier molecular flexibility index (Phi) is 6.56. The summed E-state index contributed by atoms with van der Waals surface area (Å²) in [5, 5.41) is 10.9. The average Bonchev–Trinajstić information content (AvgIpc) is 3.34. The van der Waals surface area contributed by atoms with E-state index >= 15 is 0 Å². The lowest BCUT2D eigenvalue weighted by molar-refractivity contribution is -0.148. The molecule has 0 saturated heterocycles. The summed E-state index contributed by atoms with van der Waals surface area (Å²) in [5.74, 6) is -0.0670. The van der Waals surface area contributed by atoms with Gasteiger partial charge in [-0.2, -0.15) is 16.3 Å². The molecule has 3 aromatic rings. The van der Waals surface area contributed by atoms with Crippen LogP contribution in [0.4, 0.5) is 0 Å². The van der Waals surface area contributed by atoms with Crippen molar-refractivity contribution in [2.24, 2.45) is 0 Å². The van der Waals surface area contributed by atoms with Gasteiger partial charge in [0.2, 0.25) is 11.7 Å². The monoisotopic (exact) mass is 405 g/mol. The summed E-state index contributed by atoms with van der Waals surface area (Å²) in [6.07, 6.45) is 0.299. The zero-order valence-electron chi connectivity index (χ0n) is 14.2. The lowest BCUT2D eigenvalue weighted by Gasteiger charge is -2.06. The maximum Gasteiger partial charge on any atom is 0.306 e. The Hall–Kier alpha value is -2.71. The fraction of sp³-hybridized carbons (Fsp3) is 0.222. The highest BCUT2D eigenvalue weighted by atomic mass is 35.5. The Morgan fingerprint density at radius 2 is 2.19 bits per heavy atom. The summed E-state index contributed by atoms with van der Waals surface area (Å²) in [4.78, 5) is 27.7. The Morgan fingerprint density at radius 1 is 1.30 bits per heavy atom. The van der Waals surface area contributed by atoms with Gasteiger partial charge in [-0.05, 0) is 29.1 Å². The van der Waals surface area contributed by atoms with Crippen LogP contribution in [-0.2, 0) is 27.3 Å². The fourth-order valence-corrected chi connectivity index (χ4v) is 3.04. The molecule has 3 rings (SSSR count). The van der Waals surface area contributed by atoms with E-state index in [4.69, 9.17) is 20.9 Å². The number of nitrogens with zero attached hydrogens (tertiary/aromatic N) is 2. The fourth-order valence-electron chi connectivity index (χ4n) is 2.19. The van der Waals surface area contributed by atoms with Crippen LogP contribution in [0.25, 0.3) is 11.4 Å². The normalized spacial score (nSPS) is 10.6. The van der Waals surface area contributed by atoms with Crippen molar-refractivity contribution in [2.75, 3.05) is 6.61 Å². The molecule has 1 amide bonds. The number of nitrogens with one attached hydrogen (secondary N) is 1. The van der Waals surface area contributed by atoms with Crippen molar-refractivity contribution in [1.82, 2.24) is 15.5 Å². The molecule has 27 heavy (non-hydrogen) atoms. The molecule has 0 fully saturated rings. The molecule has 7 nitrogen and oxygen atoms in total. The minimum absolute atomic E-state index is 0.0485. The topological polar surface area (TPSA) is 94.3 Å². The lowest BCUT2D eigenvalue weighted by Crippen LogP contribution is -2.28. The van der Waals surface area contributed by atoms with Crippen molar-refractivity contribution in [3.63, 3.8) is 0 Å². The number of aryl methyl sites for hydroxylation is 1. The van der Waals surface area contributed by atoms with Gasteiger partial charge in [0.05, 0.1) is 6.42 Å². The van der Waals surface area contributed by atoms with Gasteiger partial charge in [-0.15, -0.1) is 0 Å². The Labute approximate surface area is 164 Å². The van der Waals surface area contributed by atoms with Crippen LogP contribution in [0, 0.1) is 0 Å². The van der Waals surface area contributed by atoms with Gasteiger partial charge in [0.25, 0.3) is 5.91 Å². The molecule has 0 aliphatic rings. The maximum atomic E-state index is 11.8. The summed E-state index contributed by atoms with van der Waals surface area (Å²) in [7, 11) is 0. The van der Waals surface area contributed by atoms with E-state index in [1.807, 2.05) is 22.9 Å². The molecule has 0 atom stereocenters. The van der Waals surface area contributed by atoms with Crippen molar-refractivity contribution in [3.8, 4) is 11.4 Å². The quantitative estimate of drug-likeness (QED) is 0.578. The van der Waals surface area contributed by atoms with Crippen molar-refractivity contribution >= 4 is 34.8 Å². The van der Waals surface area contributed by atoms with Crippen molar-refractivity contribution in [2.45, 2.75) is 19.4 Å². The van der Waals surface area contributed by atoms with Crippen molar-refractivity contribution in [1.29, 1.82) is 0 Å². The molecule has 0 unspecified atom stereocenters. The number of aromatic nitrogens is 2. The average molecular weight is 406 g/mol. The zero-order valence-corrected chi connectivity index (χ0v) is 15.8. The second-order valence-corrected chi connectivity index (χ2v) is 6.81. The van der Waals surface area contributed by atoms with Gasteiger partial charge >= 0.3 is 5.97 Å². The van der Waals surface area contributed by atoms with Gasteiger partial charge < -0.3 is 14.6 Å². The number of thiophene rings is 1. The highest BCUT2D eigenvalue weighted by molar-refractivity contribution is 7.08. The van der Waals surface area contributed by atoms with Gasteiger partial charge in [-0.3, -0.25) is 9.59 Å². The van der Waals surface area contributed by atoms with Gasteiger partial charge in [-0.25, -0.2) is 0 Å². The summed E-state index contributed by atoms with van der Waals surface area (Å²) in [5.41, 5.74) is 1.73. The van der Waals surface area contributed by atoms with E-state index in [2.05, 4.69) is 15.5 Å². The SMILES string of the molecule is O=C(COC(=O)CCc1nc(-c2ccsc2)no1)NCc1cccc(Cl)c1. The minimum atomic E-state index is -0.511. The van der Waals surface area contributed by atoms with Gasteiger partial charge in [-0.1, -0.05) is 28.9 Å². The van der Waals surface area contributed by atoms with E-state index in [9.17, 15) is 9.59 Å². The third kappa shape index (κ3) is 5.90. The van der Waals surface area contributed by atoms with Crippen LogP contribution >= 0.6 is 22.9 Å². The predicted octanol–water partition coefficient (Wildman–Crippen LogP) is 3.24. The molecule has 1 N–H and O–H groups in total. The number of rotatable bonds is 8. The molecule has 0 aliphatic carbocycles. The van der Waals surface area contributed by atoms with Crippen LogP contribution in [0.5, 0.6) is 0 Å². The lowest BCUT2D eigenvalue weighted by atomic mass is 10.2. The molecule has 0 bridgehead atoms. The third-order valence-electron chi connectivity index (χ3n) is 3.53. The van der Waals surface area contributed by atoms with Crippen molar-refractivity contribution in [3.05, 3.63) is 57.6 Å². The minimum Gasteiger partial charge on any atom is -0.456 e. The third-order valence-corrected chi connectivity index (χ3v) is 4.45. The van der Waals surface area contributed by atoms with E-state index in [1.165, 1.54) is 11.3 Å². The molecule has 1 aromatic carbocycles. The maximum absolute atomic E-state index is 11.8. The molecule has 0 aliphatic heterocycles. The number of benzene rings is 1. The van der Waals surface area contributed by atoms with Crippen LogP contribution in [0.1, 0.15) is 17.9 Å². The Morgan fingerprint density at radius 3 is 2.96 bits per heavy atom. The first-order valence-electron chi connectivity index (χ1n) is 8.12. The highest BCUT2D eigenvalue weighted by Gasteiger charge is 2.12. The summed E-state index contributed by atoms with van der Waals surface area (Å²) < 4.78 is 10.1.